The summed E-state index contributed by atoms with van der Waals surface area (Å²) < 4.78 is 26.1. The molecule has 0 saturated carbocycles. The van der Waals surface area contributed by atoms with E-state index in [2.05, 4.69) is 10.6 Å². The Bertz CT molecular complexity index is 409. The fourth-order valence-electron chi connectivity index (χ4n) is 1.37. The molecule has 0 heterocycles. The van der Waals surface area contributed by atoms with E-state index in [9.17, 15) is 13.6 Å². The molecular formula is C12H16F2N2O2. The molecule has 1 aromatic carbocycles. The maximum Gasteiger partial charge on any atom is 0.315 e. The minimum atomic E-state index is -0.578. The maximum atomic E-state index is 13.2. The summed E-state index contributed by atoms with van der Waals surface area (Å²) in [6.45, 7) is 1.53. The molecule has 2 amide bonds. The number of hydrogen-bond donors (Lipinski definition) is 3. The van der Waals surface area contributed by atoms with Crippen LogP contribution in [0.3, 0.4) is 0 Å². The number of rotatable bonds is 5. The summed E-state index contributed by atoms with van der Waals surface area (Å²) >= 11 is 0. The third kappa shape index (κ3) is 4.29. The van der Waals surface area contributed by atoms with E-state index in [4.69, 9.17) is 5.11 Å². The lowest BCUT2D eigenvalue weighted by atomic mass is 10.2. The Labute approximate surface area is 104 Å². The first-order valence-electron chi connectivity index (χ1n) is 5.66. The number of hydrogen-bond acceptors (Lipinski definition) is 2. The third-order valence-corrected chi connectivity index (χ3v) is 2.50. The Morgan fingerprint density at radius 2 is 2.17 bits per heavy atom. The zero-order valence-electron chi connectivity index (χ0n) is 10.0. The van der Waals surface area contributed by atoms with Crippen LogP contribution in [0.4, 0.5) is 13.6 Å². The third-order valence-electron chi connectivity index (χ3n) is 2.50. The van der Waals surface area contributed by atoms with E-state index in [-0.39, 0.29) is 24.8 Å². The minimum Gasteiger partial charge on any atom is -0.394 e. The van der Waals surface area contributed by atoms with E-state index in [0.29, 0.717) is 6.42 Å². The van der Waals surface area contributed by atoms with Gasteiger partial charge in [0.1, 0.15) is 11.6 Å². The van der Waals surface area contributed by atoms with Crippen LogP contribution in [0.5, 0.6) is 0 Å². The van der Waals surface area contributed by atoms with E-state index >= 15 is 0 Å². The molecule has 0 aliphatic carbocycles. The quantitative estimate of drug-likeness (QED) is 0.750. The van der Waals surface area contributed by atoms with Crippen molar-refractivity contribution in [3.63, 3.8) is 0 Å². The van der Waals surface area contributed by atoms with Crippen molar-refractivity contribution in [1.82, 2.24) is 10.6 Å². The van der Waals surface area contributed by atoms with Gasteiger partial charge in [-0.1, -0.05) is 6.92 Å². The Hall–Kier alpha value is -1.69. The number of amides is 2. The maximum absolute atomic E-state index is 13.2. The second-order valence-electron chi connectivity index (χ2n) is 3.85. The zero-order chi connectivity index (χ0) is 13.5. The van der Waals surface area contributed by atoms with E-state index in [0.717, 1.165) is 18.2 Å². The average Bonchev–Trinajstić information content (AvgIpc) is 2.37. The van der Waals surface area contributed by atoms with E-state index in [1.54, 1.807) is 0 Å². The minimum absolute atomic E-state index is 0.0715. The predicted molar refractivity (Wildman–Crippen MR) is 62.9 cm³/mol. The van der Waals surface area contributed by atoms with Gasteiger partial charge in [0.2, 0.25) is 0 Å². The summed E-state index contributed by atoms with van der Waals surface area (Å²) in [5, 5.41) is 13.8. The molecule has 18 heavy (non-hydrogen) atoms. The molecule has 4 nitrogen and oxygen atoms in total. The number of urea groups is 1. The first kappa shape index (κ1) is 14.4. The summed E-state index contributed by atoms with van der Waals surface area (Å²) in [4.78, 5) is 11.4. The van der Waals surface area contributed by atoms with Crippen molar-refractivity contribution in [2.45, 2.75) is 25.9 Å². The van der Waals surface area contributed by atoms with Crippen LogP contribution in [0.25, 0.3) is 0 Å². The fourth-order valence-corrected chi connectivity index (χ4v) is 1.37. The highest BCUT2D eigenvalue weighted by atomic mass is 19.1. The SMILES string of the molecule is CCC(CO)NC(=O)NCc1cc(F)ccc1F. The first-order valence-corrected chi connectivity index (χ1v) is 5.66. The van der Waals surface area contributed by atoms with Crippen LogP contribution in [0, 0.1) is 11.6 Å². The van der Waals surface area contributed by atoms with Crippen LogP contribution in [-0.2, 0) is 6.54 Å². The molecular weight excluding hydrogens is 242 g/mol. The summed E-state index contributed by atoms with van der Waals surface area (Å²) in [5.41, 5.74) is 0.0715. The topological polar surface area (TPSA) is 61.4 Å². The highest BCUT2D eigenvalue weighted by Crippen LogP contribution is 2.09. The Morgan fingerprint density at radius 1 is 1.44 bits per heavy atom. The van der Waals surface area contributed by atoms with E-state index in [1.807, 2.05) is 6.92 Å². The second kappa shape index (κ2) is 6.90. The lowest BCUT2D eigenvalue weighted by molar-refractivity contribution is 0.214. The molecule has 3 N–H and O–H groups in total. The molecule has 0 aromatic heterocycles. The molecule has 0 aliphatic rings. The number of carbonyl (C=O) groups excluding carboxylic acids is 1. The highest BCUT2D eigenvalue weighted by molar-refractivity contribution is 5.74. The fraction of sp³-hybridized carbons (Fsp3) is 0.417. The predicted octanol–water partition coefficient (Wildman–Crippen LogP) is 1.53. The number of aliphatic hydroxyl groups is 1. The molecule has 1 atom stereocenters. The van der Waals surface area contributed by atoms with Crippen molar-refractivity contribution < 1.29 is 18.7 Å². The van der Waals surface area contributed by atoms with Crippen LogP contribution in [0.2, 0.25) is 0 Å². The molecule has 0 fully saturated rings. The van der Waals surface area contributed by atoms with Gasteiger partial charge in [0.15, 0.2) is 0 Å². The van der Waals surface area contributed by atoms with Gasteiger partial charge in [0.25, 0.3) is 0 Å². The van der Waals surface area contributed by atoms with Crippen molar-refractivity contribution in [3.8, 4) is 0 Å². The van der Waals surface area contributed by atoms with Gasteiger partial charge in [-0.05, 0) is 24.6 Å². The van der Waals surface area contributed by atoms with Gasteiger partial charge in [-0.3, -0.25) is 0 Å². The summed E-state index contributed by atoms with van der Waals surface area (Å²) in [7, 11) is 0. The van der Waals surface area contributed by atoms with Crippen LogP contribution >= 0.6 is 0 Å². The lowest BCUT2D eigenvalue weighted by Gasteiger charge is -2.14. The van der Waals surface area contributed by atoms with Gasteiger partial charge < -0.3 is 15.7 Å². The highest BCUT2D eigenvalue weighted by Gasteiger charge is 2.10. The normalized spacial score (nSPS) is 12.0. The smallest absolute Gasteiger partial charge is 0.315 e. The van der Waals surface area contributed by atoms with Gasteiger partial charge in [-0.25, -0.2) is 13.6 Å². The van der Waals surface area contributed by atoms with Crippen molar-refractivity contribution in [2.75, 3.05) is 6.61 Å². The monoisotopic (exact) mass is 258 g/mol. The molecule has 0 aliphatic heterocycles. The molecule has 0 bridgehead atoms. The van der Waals surface area contributed by atoms with Gasteiger partial charge >= 0.3 is 6.03 Å². The summed E-state index contributed by atoms with van der Waals surface area (Å²) in [6, 6.07) is 2.17. The molecule has 0 radical (unpaired) electrons. The molecule has 0 spiro atoms. The van der Waals surface area contributed by atoms with Crippen molar-refractivity contribution >= 4 is 6.03 Å². The number of benzene rings is 1. The number of nitrogens with one attached hydrogen (secondary N) is 2. The molecule has 0 saturated heterocycles. The Kier molecular flexibility index (Phi) is 5.51. The van der Waals surface area contributed by atoms with Crippen molar-refractivity contribution in [3.05, 3.63) is 35.4 Å². The van der Waals surface area contributed by atoms with Gasteiger partial charge in [0.05, 0.1) is 12.6 Å². The molecule has 6 heteroatoms. The molecule has 1 aromatic rings. The summed E-state index contributed by atoms with van der Waals surface area (Å²) in [6.07, 6.45) is 0.582. The average molecular weight is 258 g/mol. The van der Waals surface area contributed by atoms with E-state index < -0.39 is 17.7 Å². The lowest BCUT2D eigenvalue weighted by Crippen LogP contribution is -2.43. The largest absolute Gasteiger partial charge is 0.394 e. The van der Waals surface area contributed by atoms with Gasteiger partial charge in [-0.2, -0.15) is 0 Å². The van der Waals surface area contributed by atoms with Gasteiger partial charge in [0, 0.05) is 12.1 Å². The van der Waals surface area contributed by atoms with Crippen molar-refractivity contribution in [2.24, 2.45) is 0 Å². The van der Waals surface area contributed by atoms with Crippen LogP contribution in [0.15, 0.2) is 18.2 Å². The van der Waals surface area contributed by atoms with Crippen LogP contribution in [-0.4, -0.2) is 23.8 Å². The van der Waals surface area contributed by atoms with Crippen LogP contribution in [0.1, 0.15) is 18.9 Å². The molecule has 1 unspecified atom stereocenters. The Balaban J connectivity index is 2.49. The van der Waals surface area contributed by atoms with Gasteiger partial charge in [-0.15, -0.1) is 0 Å². The standard InChI is InChI=1S/C12H16F2N2O2/c1-2-10(7-17)16-12(18)15-6-8-5-9(13)3-4-11(8)14/h3-5,10,17H,2,6-7H2,1H3,(H2,15,16,18). The van der Waals surface area contributed by atoms with Crippen LogP contribution < -0.4 is 10.6 Å². The summed E-state index contributed by atoms with van der Waals surface area (Å²) in [5.74, 6) is -1.14. The second-order valence-corrected chi connectivity index (χ2v) is 3.85. The van der Waals surface area contributed by atoms with Crippen molar-refractivity contribution in [1.29, 1.82) is 0 Å². The zero-order valence-corrected chi connectivity index (χ0v) is 10.0. The Morgan fingerprint density at radius 3 is 2.78 bits per heavy atom. The van der Waals surface area contributed by atoms with E-state index in [1.165, 1.54) is 0 Å². The molecule has 1 rings (SSSR count). The number of carbonyl (C=O) groups is 1. The number of aliphatic hydroxyl groups excluding tert-OH is 1. The number of halogens is 2. The molecule has 100 valence electrons. The first-order chi connectivity index (χ1) is 8.56.